The van der Waals surface area contributed by atoms with Gasteiger partial charge in [0.1, 0.15) is 0 Å². The fourth-order valence-electron chi connectivity index (χ4n) is 2.38. The first-order chi connectivity index (χ1) is 6.68. The van der Waals surface area contributed by atoms with Crippen molar-refractivity contribution in [1.29, 1.82) is 0 Å². The highest BCUT2D eigenvalue weighted by atomic mass is 14.9. The fraction of sp³-hybridized carbons (Fsp3) is 1.00. The lowest BCUT2D eigenvalue weighted by Crippen LogP contribution is -2.27. The van der Waals surface area contributed by atoms with Crippen LogP contribution >= 0.6 is 0 Å². The first-order valence-corrected chi connectivity index (χ1v) is 6.42. The summed E-state index contributed by atoms with van der Waals surface area (Å²) in [6.07, 6.45) is 8.40. The number of hydrogen-bond donors (Lipinski definition) is 1. The molecule has 2 atom stereocenters. The second-order valence-electron chi connectivity index (χ2n) is 5.46. The molecule has 84 valence electrons. The van der Waals surface area contributed by atoms with E-state index in [1.807, 2.05) is 0 Å². The van der Waals surface area contributed by atoms with Crippen molar-refractivity contribution in [2.45, 2.75) is 65.3 Å². The lowest BCUT2D eigenvalue weighted by Gasteiger charge is -2.12. The Bertz CT molecular complexity index is 142. The van der Waals surface area contributed by atoms with Gasteiger partial charge in [0, 0.05) is 6.04 Å². The molecule has 0 radical (unpaired) electrons. The van der Waals surface area contributed by atoms with Gasteiger partial charge < -0.3 is 5.32 Å². The van der Waals surface area contributed by atoms with Gasteiger partial charge in [-0.25, -0.2) is 0 Å². The first-order valence-electron chi connectivity index (χ1n) is 6.42. The van der Waals surface area contributed by atoms with Gasteiger partial charge in [0.15, 0.2) is 0 Å². The summed E-state index contributed by atoms with van der Waals surface area (Å²) in [5.41, 5.74) is 0. The van der Waals surface area contributed by atoms with Crippen LogP contribution in [0.25, 0.3) is 0 Å². The molecule has 14 heavy (non-hydrogen) atoms. The van der Waals surface area contributed by atoms with Gasteiger partial charge in [-0.1, -0.05) is 33.6 Å². The molecule has 0 spiro atoms. The van der Waals surface area contributed by atoms with E-state index in [-0.39, 0.29) is 0 Å². The molecule has 1 nitrogen and oxygen atoms in total. The Morgan fingerprint density at radius 3 is 2.57 bits per heavy atom. The van der Waals surface area contributed by atoms with E-state index < -0.39 is 0 Å². The maximum absolute atomic E-state index is 3.69. The van der Waals surface area contributed by atoms with Gasteiger partial charge in [0.05, 0.1) is 0 Å². The van der Waals surface area contributed by atoms with Crippen molar-refractivity contribution in [2.24, 2.45) is 11.8 Å². The quantitative estimate of drug-likeness (QED) is 0.642. The van der Waals surface area contributed by atoms with Crippen LogP contribution in [0.4, 0.5) is 0 Å². The SMILES string of the molecule is CC(C)CCCCNC1CCC(C)C1. The molecular formula is C13H27N. The molecule has 0 heterocycles. The van der Waals surface area contributed by atoms with Crippen LogP contribution in [0.5, 0.6) is 0 Å². The average molecular weight is 197 g/mol. The molecule has 0 amide bonds. The summed E-state index contributed by atoms with van der Waals surface area (Å²) in [5, 5.41) is 3.69. The van der Waals surface area contributed by atoms with Crippen molar-refractivity contribution in [3.05, 3.63) is 0 Å². The van der Waals surface area contributed by atoms with E-state index in [9.17, 15) is 0 Å². The van der Waals surface area contributed by atoms with Crippen LogP contribution in [0, 0.1) is 11.8 Å². The number of hydrogen-bond acceptors (Lipinski definition) is 1. The van der Waals surface area contributed by atoms with Crippen LogP contribution in [0.1, 0.15) is 59.3 Å². The first kappa shape index (κ1) is 12.0. The monoisotopic (exact) mass is 197 g/mol. The van der Waals surface area contributed by atoms with E-state index in [1.165, 1.54) is 45.1 Å². The van der Waals surface area contributed by atoms with Crippen molar-refractivity contribution >= 4 is 0 Å². The average Bonchev–Trinajstić information content (AvgIpc) is 2.50. The summed E-state index contributed by atoms with van der Waals surface area (Å²) in [6, 6.07) is 0.837. The molecule has 1 aliphatic carbocycles. The van der Waals surface area contributed by atoms with Crippen LogP contribution < -0.4 is 5.32 Å². The molecular weight excluding hydrogens is 170 g/mol. The standard InChI is InChI=1S/C13H27N/c1-11(2)6-4-5-9-14-13-8-7-12(3)10-13/h11-14H,4-10H2,1-3H3. The number of unbranched alkanes of at least 4 members (excludes halogenated alkanes) is 1. The van der Waals surface area contributed by atoms with Crippen molar-refractivity contribution in [2.75, 3.05) is 6.54 Å². The molecule has 1 saturated carbocycles. The zero-order valence-electron chi connectivity index (χ0n) is 10.2. The third kappa shape index (κ3) is 4.99. The maximum atomic E-state index is 3.69. The predicted molar refractivity (Wildman–Crippen MR) is 63.5 cm³/mol. The Morgan fingerprint density at radius 1 is 1.21 bits per heavy atom. The predicted octanol–water partition coefficient (Wildman–Crippen LogP) is 3.59. The molecule has 0 bridgehead atoms. The van der Waals surface area contributed by atoms with Crippen molar-refractivity contribution in [1.82, 2.24) is 5.32 Å². The van der Waals surface area contributed by atoms with E-state index in [1.54, 1.807) is 0 Å². The van der Waals surface area contributed by atoms with E-state index in [2.05, 4.69) is 26.1 Å². The Kier molecular flexibility index (Phi) is 5.54. The molecule has 1 heteroatoms. The van der Waals surface area contributed by atoms with Gasteiger partial charge in [-0.15, -0.1) is 0 Å². The van der Waals surface area contributed by atoms with Crippen LogP contribution in [0.2, 0.25) is 0 Å². The second kappa shape index (κ2) is 6.44. The van der Waals surface area contributed by atoms with Gasteiger partial charge in [0.2, 0.25) is 0 Å². The topological polar surface area (TPSA) is 12.0 Å². The molecule has 1 rings (SSSR count). The summed E-state index contributed by atoms with van der Waals surface area (Å²) < 4.78 is 0. The fourth-order valence-corrected chi connectivity index (χ4v) is 2.38. The highest BCUT2D eigenvalue weighted by molar-refractivity contribution is 4.77. The van der Waals surface area contributed by atoms with Crippen molar-refractivity contribution in [3.8, 4) is 0 Å². The van der Waals surface area contributed by atoms with Gasteiger partial charge in [-0.2, -0.15) is 0 Å². The molecule has 0 aliphatic heterocycles. The molecule has 2 unspecified atom stereocenters. The summed E-state index contributed by atoms with van der Waals surface area (Å²) in [6.45, 7) is 8.24. The van der Waals surface area contributed by atoms with Crippen LogP contribution in [0.3, 0.4) is 0 Å². The Hall–Kier alpha value is -0.0400. The smallest absolute Gasteiger partial charge is 0.00696 e. The Labute approximate surface area is 89.7 Å². The molecule has 0 aromatic carbocycles. The summed E-state index contributed by atoms with van der Waals surface area (Å²) in [4.78, 5) is 0. The maximum Gasteiger partial charge on any atom is 0.00696 e. The molecule has 0 aromatic heterocycles. The Balaban J connectivity index is 1.89. The van der Waals surface area contributed by atoms with Crippen molar-refractivity contribution < 1.29 is 0 Å². The molecule has 0 saturated heterocycles. The minimum atomic E-state index is 0.837. The van der Waals surface area contributed by atoms with Gasteiger partial charge >= 0.3 is 0 Å². The van der Waals surface area contributed by atoms with Crippen LogP contribution in [-0.2, 0) is 0 Å². The molecule has 1 N–H and O–H groups in total. The summed E-state index contributed by atoms with van der Waals surface area (Å²) in [7, 11) is 0. The second-order valence-corrected chi connectivity index (χ2v) is 5.46. The lowest BCUT2D eigenvalue weighted by molar-refractivity contribution is 0.470. The van der Waals surface area contributed by atoms with Crippen LogP contribution in [0.15, 0.2) is 0 Å². The van der Waals surface area contributed by atoms with Gasteiger partial charge in [-0.3, -0.25) is 0 Å². The largest absolute Gasteiger partial charge is 0.314 e. The molecule has 1 aliphatic rings. The number of rotatable bonds is 6. The van der Waals surface area contributed by atoms with Crippen LogP contribution in [-0.4, -0.2) is 12.6 Å². The van der Waals surface area contributed by atoms with Gasteiger partial charge in [-0.05, 0) is 44.1 Å². The zero-order valence-corrected chi connectivity index (χ0v) is 10.2. The van der Waals surface area contributed by atoms with Gasteiger partial charge in [0.25, 0.3) is 0 Å². The molecule has 0 aromatic rings. The summed E-state index contributed by atoms with van der Waals surface area (Å²) in [5.74, 6) is 1.84. The Morgan fingerprint density at radius 2 is 2.00 bits per heavy atom. The highest BCUT2D eigenvalue weighted by Crippen LogP contribution is 2.24. The number of nitrogens with one attached hydrogen (secondary N) is 1. The van der Waals surface area contributed by atoms with E-state index in [0.717, 1.165) is 17.9 Å². The summed E-state index contributed by atoms with van der Waals surface area (Å²) >= 11 is 0. The third-order valence-corrected chi connectivity index (χ3v) is 3.34. The normalized spacial score (nSPS) is 27.4. The minimum Gasteiger partial charge on any atom is -0.314 e. The van der Waals surface area contributed by atoms with Crippen molar-refractivity contribution in [3.63, 3.8) is 0 Å². The van der Waals surface area contributed by atoms with E-state index >= 15 is 0 Å². The molecule has 1 fully saturated rings. The minimum absolute atomic E-state index is 0.837. The highest BCUT2D eigenvalue weighted by Gasteiger charge is 2.19. The van der Waals surface area contributed by atoms with E-state index in [0.29, 0.717) is 0 Å². The van der Waals surface area contributed by atoms with E-state index in [4.69, 9.17) is 0 Å². The zero-order chi connectivity index (χ0) is 10.4. The third-order valence-electron chi connectivity index (χ3n) is 3.34. The lowest BCUT2D eigenvalue weighted by atomic mass is 10.1.